The number of furan rings is 2. The third-order valence-corrected chi connectivity index (χ3v) is 12.5. The highest BCUT2D eigenvalue weighted by atomic mass is 32.1. The van der Waals surface area contributed by atoms with Crippen molar-refractivity contribution in [2.45, 2.75) is 0 Å². The summed E-state index contributed by atoms with van der Waals surface area (Å²) in [6.07, 6.45) is 0. The molecular weight excluding hydrogens is 703 g/mol. The first-order chi connectivity index (χ1) is 27.7. The van der Waals surface area contributed by atoms with Gasteiger partial charge in [0.25, 0.3) is 0 Å². The maximum atomic E-state index is 6.81. The second-order valence-corrected chi connectivity index (χ2v) is 15.5. The van der Waals surface area contributed by atoms with Gasteiger partial charge in [0.15, 0.2) is 0 Å². The Morgan fingerprint density at radius 1 is 0.393 bits per heavy atom. The summed E-state index contributed by atoms with van der Waals surface area (Å²) in [4.78, 5) is 2.40. The van der Waals surface area contributed by atoms with Crippen molar-refractivity contribution in [1.82, 2.24) is 0 Å². The van der Waals surface area contributed by atoms with Crippen molar-refractivity contribution in [2.75, 3.05) is 4.90 Å². The van der Waals surface area contributed by atoms with E-state index in [0.29, 0.717) is 0 Å². The molecule has 0 bridgehead atoms. The smallest absolute Gasteiger partial charge is 0.147 e. The molecule has 0 N–H and O–H groups in total. The van der Waals surface area contributed by atoms with Crippen LogP contribution in [0.3, 0.4) is 0 Å². The van der Waals surface area contributed by atoms with E-state index in [-0.39, 0.29) is 0 Å². The van der Waals surface area contributed by atoms with E-state index >= 15 is 0 Å². The summed E-state index contributed by atoms with van der Waals surface area (Å²) in [7, 11) is 0. The lowest BCUT2D eigenvalue weighted by molar-refractivity contribution is 0.663. The van der Waals surface area contributed by atoms with Crippen LogP contribution in [0.15, 0.2) is 197 Å². The summed E-state index contributed by atoms with van der Waals surface area (Å²) < 4.78 is 15.6. The maximum Gasteiger partial charge on any atom is 0.147 e. The number of rotatable bonds is 5. The molecule has 0 radical (unpaired) electrons. The fourth-order valence-corrected chi connectivity index (χ4v) is 9.80. The van der Waals surface area contributed by atoms with Crippen molar-refractivity contribution in [2.24, 2.45) is 0 Å². The summed E-state index contributed by atoms with van der Waals surface area (Å²) in [6.45, 7) is 0. The van der Waals surface area contributed by atoms with Crippen molar-refractivity contribution >= 4 is 103 Å². The zero-order valence-electron chi connectivity index (χ0n) is 30.1. The molecule has 0 amide bonds. The second kappa shape index (κ2) is 12.2. The average Bonchev–Trinajstić information content (AvgIpc) is 3.96. The van der Waals surface area contributed by atoms with Gasteiger partial charge in [0.05, 0.1) is 15.8 Å². The lowest BCUT2D eigenvalue weighted by atomic mass is 10.00. The van der Waals surface area contributed by atoms with E-state index in [1.807, 2.05) is 23.5 Å². The van der Waals surface area contributed by atoms with Gasteiger partial charge in [-0.15, -0.1) is 11.3 Å². The van der Waals surface area contributed by atoms with Crippen LogP contribution in [0.25, 0.3) is 97.1 Å². The quantitative estimate of drug-likeness (QED) is 0.176. The molecule has 0 saturated carbocycles. The molecule has 0 aliphatic heterocycles. The van der Waals surface area contributed by atoms with Crippen LogP contribution in [0.2, 0.25) is 0 Å². The van der Waals surface area contributed by atoms with E-state index in [1.54, 1.807) is 0 Å². The van der Waals surface area contributed by atoms with Gasteiger partial charge in [0, 0.05) is 48.6 Å². The maximum absolute atomic E-state index is 6.81. The molecule has 262 valence electrons. The summed E-state index contributed by atoms with van der Waals surface area (Å²) in [5, 5.41) is 9.33. The van der Waals surface area contributed by atoms with Crippen LogP contribution >= 0.6 is 11.3 Å². The zero-order valence-corrected chi connectivity index (χ0v) is 30.9. The second-order valence-electron chi connectivity index (χ2n) is 14.4. The first kappa shape index (κ1) is 31.2. The Hall–Kier alpha value is -7.14. The van der Waals surface area contributed by atoms with Crippen LogP contribution in [0.4, 0.5) is 17.1 Å². The number of benzene rings is 9. The minimum Gasteiger partial charge on any atom is -0.456 e. The monoisotopic (exact) mass is 733 g/mol. The number of fused-ring (bicyclic) bond motifs is 11. The fraction of sp³-hybridized carbons (Fsp3) is 0. The average molecular weight is 734 g/mol. The van der Waals surface area contributed by atoms with Gasteiger partial charge in [-0.3, -0.25) is 0 Å². The van der Waals surface area contributed by atoms with Gasteiger partial charge in [-0.1, -0.05) is 127 Å². The van der Waals surface area contributed by atoms with E-state index in [1.165, 1.54) is 42.1 Å². The molecular formula is C52H31NO2S. The van der Waals surface area contributed by atoms with Crippen molar-refractivity contribution < 1.29 is 8.83 Å². The summed E-state index contributed by atoms with van der Waals surface area (Å²) in [5.74, 6) is 0. The molecule has 0 spiro atoms. The van der Waals surface area contributed by atoms with Gasteiger partial charge in [0.1, 0.15) is 22.3 Å². The van der Waals surface area contributed by atoms with Crippen LogP contribution in [-0.4, -0.2) is 0 Å². The van der Waals surface area contributed by atoms with E-state index < -0.39 is 0 Å². The van der Waals surface area contributed by atoms with Crippen molar-refractivity contribution in [3.05, 3.63) is 188 Å². The normalized spacial score (nSPS) is 11.9. The molecule has 3 heterocycles. The van der Waals surface area contributed by atoms with Gasteiger partial charge in [-0.05, 0) is 88.1 Å². The molecule has 3 aromatic heterocycles. The summed E-state index contributed by atoms with van der Waals surface area (Å²) >= 11 is 1.85. The minimum atomic E-state index is 0.836. The molecule has 3 nitrogen and oxygen atoms in total. The molecule has 0 fully saturated rings. The number of thiophene rings is 1. The Morgan fingerprint density at radius 2 is 1.05 bits per heavy atom. The lowest BCUT2D eigenvalue weighted by Crippen LogP contribution is -2.10. The predicted molar refractivity (Wildman–Crippen MR) is 237 cm³/mol. The third kappa shape index (κ3) is 4.76. The van der Waals surface area contributed by atoms with Crippen LogP contribution < -0.4 is 4.90 Å². The zero-order chi connectivity index (χ0) is 36.7. The Bertz CT molecular complexity index is 3480. The Balaban J connectivity index is 0.995. The van der Waals surface area contributed by atoms with Crippen molar-refractivity contribution in [1.29, 1.82) is 0 Å². The van der Waals surface area contributed by atoms with E-state index in [2.05, 4.69) is 181 Å². The fourth-order valence-electron chi connectivity index (χ4n) is 8.59. The third-order valence-electron chi connectivity index (χ3n) is 11.3. The van der Waals surface area contributed by atoms with Crippen molar-refractivity contribution in [3.8, 4) is 22.3 Å². The van der Waals surface area contributed by atoms with Crippen LogP contribution in [0, 0.1) is 0 Å². The largest absolute Gasteiger partial charge is 0.456 e. The minimum absolute atomic E-state index is 0.836. The number of para-hydroxylation sites is 2. The van der Waals surface area contributed by atoms with E-state index in [9.17, 15) is 0 Å². The molecule has 0 saturated heterocycles. The molecule has 12 aromatic rings. The van der Waals surface area contributed by atoms with Gasteiger partial charge >= 0.3 is 0 Å². The molecule has 12 rings (SSSR count). The SMILES string of the molecule is c1ccc2cc(-c3ccc(N(c4ccc(-c5cccc6c5oc5c6ccc6oc7ccccc7c65)cc4)c4cccc5c4sc4ccccc45)cc3)ccc2c1. The highest BCUT2D eigenvalue weighted by molar-refractivity contribution is 7.26. The number of hydrogen-bond acceptors (Lipinski definition) is 4. The van der Waals surface area contributed by atoms with Crippen LogP contribution in [0.1, 0.15) is 0 Å². The highest BCUT2D eigenvalue weighted by Crippen LogP contribution is 2.46. The molecule has 0 unspecified atom stereocenters. The standard InChI is InChI=1S/C52H31NO2S/c1-2-10-35-31-36(20-19-32(35)9-1)33-21-25-37(26-22-33)53(45-16-8-15-43-40-11-4-6-18-48(40)56-52(43)45)38-27-23-34(24-28-38)39-13-7-14-41-42-29-30-47-49(51(42)55-50(39)41)44-12-3-5-17-46(44)54-47/h1-31H. The first-order valence-corrected chi connectivity index (χ1v) is 19.7. The molecule has 0 atom stereocenters. The van der Waals surface area contributed by atoms with E-state index in [4.69, 9.17) is 8.83 Å². The van der Waals surface area contributed by atoms with Gasteiger partial charge in [-0.2, -0.15) is 0 Å². The topological polar surface area (TPSA) is 29.5 Å². The van der Waals surface area contributed by atoms with Crippen LogP contribution in [-0.2, 0) is 0 Å². The lowest BCUT2D eigenvalue weighted by Gasteiger charge is -2.26. The van der Waals surface area contributed by atoms with Gasteiger partial charge < -0.3 is 13.7 Å². The van der Waals surface area contributed by atoms with Crippen LogP contribution in [0.5, 0.6) is 0 Å². The molecule has 9 aromatic carbocycles. The first-order valence-electron chi connectivity index (χ1n) is 18.9. The Morgan fingerprint density at radius 3 is 1.91 bits per heavy atom. The molecule has 0 aliphatic carbocycles. The summed E-state index contributed by atoms with van der Waals surface area (Å²) in [6, 6.07) is 67.3. The number of anilines is 3. The molecule has 56 heavy (non-hydrogen) atoms. The Labute approximate surface area is 325 Å². The van der Waals surface area contributed by atoms with Crippen molar-refractivity contribution in [3.63, 3.8) is 0 Å². The molecule has 0 aliphatic rings. The number of nitrogens with zero attached hydrogens (tertiary/aromatic N) is 1. The summed E-state index contributed by atoms with van der Waals surface area (Å²) in [5.41, 5.74) is 11.3. The Kier molecular flexibility index (Phi) is 6.80. The molecule has 4 heteroatoms. The number of hydrogen-bond donors (Lipinski definition) is 0. The van der Waals surface area contributed by atoms with E-state index in [0.717, 1.165) is 72.1 Å². The van der Waals surface area contributed by atoms with Gasteiger partial charge in [-0.25, -0.2) is 0 Å². The highest BCUT2D eigenvalue weighted by Gasteiger charge is 2.21. The van der Waals surface area contributed by atoms with Gasteiger partial charge in [0.2, 0.25) is 0 Å². The predicted octanol–water partition coefficient (Wildman–Crippen LogP) is 15.8.